The van der Waals surface area contributed by atoms with Crippen molar-refractivity contribution in [3.63, 3.8) is 0 Å². The van der Waals surface area contributed by atoms with Crippen molar-refractivity contribution in [2.75, 3.05) is 11.9 Å². The van der Waals surface area contributed by atoms with Gasteiger partial charge in [-0.25, -0.2) is 0 Å². The lowest BCUT2D eigenvalue weighted by Crippen LogP contribution is -2.43. The monoisotopic (exact) mass is 303 g/mol. The molecule has 0 aromatic carbocycles. The summed E-state index contributed by atoms with van der Waals surface area (Å²) < 4.78 is 0. The summed E-state index contributed by atoms with van der Waals surface area (Å²) in [7, 11) is 0. The van der Waals surface area contributed by atoms with E-state index in [-0.39, 0.29) is 11.9 Å². The van der Waals surface area contributed by atoms with Gasteiger partial charge in [0.15, 0.2) is 0 Å². The maximum atomic E-state index is 12.3. The highest BCUT2D eigenvalue weighted by molar-refractivity contribution is 7.16. The molecule has 0 saturated carbocycles. The number of hydrogen-bond acceptors (Lipinski definition) is 4. The van der Waals surface area contributed by atoms with Crippen molar-refractivity contribution in [2.24, 2.45) is 5.92 Å². The van der Waals surface area contributed by atoms with Crippen LogP contribution in [0.3, 0.4) is 0 Å². The second-order valence-corrected chi connectivity index (χ2v) is 7.26. The minimum absolute atomic E-state index is 0.0119. The Labute approximate surface area is 129 Å². The number of amides is 1. The molecule has 1 aliphatic carbocycles. The molecule has 5 heteroatoms. The highest BCUT2D eigenvalue weighted by Gasteiger charge is 2.27. The quantitative estimate of drug-likeness (QED) is 0.883. The summed E-state index contributed by atoms with van der Waals surface area (Å²) in [5.41, 5.74) is 1.87. The van der Waals surface area contributed by atoms with Crippen molar-refractivity contribution < 1.29 is 4.79 Å². The van der Waals surface area contributed by atoms with Crippen LogP contribution in [0.5, 0.6) is 0 Å². The zero-order chi connectivity index (χ0) is 14.8. The Morgan fingerprint density at radius 2 is 2.29 bits per heavy atom. The van der Waals surface area contributed by atoms with Crippen LogP contribution in [0.1, 0.15) is 48.6 Å². The summed E-state index contributed by atoms with van der Waals surface area (Å²) in [5, 5.41) is 16.5. The van der Waals surface area contributed by atoms with E-state index in [1.165, 1.54) is 10.4 Å². The van der Waals surface area contributed by atoms with Gasteiger partial charge in [0.25, 0.3) is 0 Å². The first kappa shape index (κ1) is 14.6. The number of carbonyl (C=O) groups excluding carboxylic acids is 1. The fourth-order valence-electron chi connectivity index (χ4n) is 3.23. The molecule has 112 valence electrons. The fourth-order valence-corrected chi connectivity index (χ4v) is 4.60. The number of carbonyl (C=O) groups is 1. The maximum Gasteiger partial charge on any atom is 0.242 e. The summed E-state index contributed by atoms with van der Waals surface area (Å²) in [5.74, 6) is 0.684. The molecule has 2 N–H and O–H groups in total. The number of rotatable bonds is 2. The lowest BCUT2D eigenvalue weighted by atomic mass is 9.88. The highest BCUT2D eigenvalue weighted by atomic mass is 32.1. The molecule has 2 aliphatic rings. The Balaban J connectivity index is 1.79. The molecule has 21 heavy (non-hydrogen) atoms. The summed E-state index contributed by atoms with van der Waals surface area (Å²) in [6.45, 7) is 3.15. The summed E-state index contributed by atoms with van der Waals surface area (Å²) in [6.07, 6.45) is 6.25. The first-order chi connectivity index (χ1) is 10.2. The fraction of sp³-hybridized carbons (Fsp3) is 0.625. The van der Waals surface area contributed by atoms with Crippen LogP contribution < -0.4 is 10.6 Å². The van der Waals surface area contributed by atoms with Crippen LogP contribution >= 0.6 is 11.3 Å². The molecule has 1 amide bonds. The normalized spacial score (nSPS) is 25.0. The number of fused-ring (bicyclic) bond motifs is 1. The van der Waals surface area contributed by atoms with Gasteiger partial charge in [0.05, 0.1) is 11.6 Å². The van der Waals surface area contributed by atoms with Crippen molar-refractivity contribution in [2.45, 2.75) is 51.5 Å². The zero-order valence-corrected chi connectivity index (χ0v) is 13.2. The van der Waals surface area contributed by atoms with E-state index in [4.69, 9.17) is 0 Å². The molecule has 3 rings (SSSR count). The van der Waals surface area contributed by atoms with E-state index in [0.29, 0.717) is 11.5 Å². The van der Waals surface area contributed by atoms with Gasteiger partial charge in [0.1, 0.15) is 11.1 Å². The number of thiophene rings is 1. The van der Waals surface area contributed by atoms with Crippen LogP contribution in [0.2, 0.25) is 0 Å². The smallest absolute Gasteiger partial charge is 0.242 e. The number of nitrogens with one attached hydrogen (secondary N) is 2. The van der Waals surface area contributed by atoms with Gasteiger partial charge in [0.2, 0.25) is 5.91 Å². The molecule has 2 unspecified atom stereocenters. The van der Waals surface area contributed by atoms with Gasteiger partial charge < -0.3 is 10.6 Å². The van der Waals surface area contributed by atoms with E-state index in [1.807, 2.05) is 0 Å². The molecule has 1 aromatic rings. The van der Waals surface area contributed by atoms with Crippen LogP contribution in [0, 0.1) is 17.2 Å². The lowest BCUT2D eigenvalue weighted by molar-refractivity contribution is -0.118. The van der Waals surface area contributed by atoms with Crippen molar-refractivity contribution in [3.8, 4) is 6.07 Å². The van der Waals surface area contributed by atoms with Gasteiger partial charge in [-0.15, -0.1) is 11.3 Å². The van der Waals surface area contributed by atoms with Crippen LogP contribution in [0.15, 0.2) is 0 Å². The highest BCUT2D eigenvalue weighted by Crippen LogP contribution is 2.39. The zero-order valence-electron chi connectivity index (χ0n) is 12.4. The van der Waals surface area contributed by atoms with Crippen molar-refractivity contribution in [3.05, 3.63) is 16.0 Å². The third-order valence-electron chi connectivity index (χ3n) is 4.49. The van der Waals surface area contributed by atoms with Crippen molar-refractivity contribution >= 4 is 22.2 Å². The molecular weight excluding hydrogens is 282 g/mol. The molecule has 4 nitrogen and oxygen atoms in total. The Morgan fingerprint density at radius 1 is 1.43 bits per heavy atom. The number of piperidine rings is 1. The molecule has 2 heterocycles. The van der Waals surface area contributed by atoms with Crippen LogP contribution in [-0.4, -0.2) is 18.5 Å². The predicted molar refractivity (Wildman–Crippen MR) is 84.5 cm³/mol. The molecule has 1 fully saturated rings. The first-order valence-electron chi connectivity index (χ1n) is 7.78. The van der Waals surface area contributed by atoms with E-state index >= 15 is 0 Å². The third-order valence-corrected chi connectivity index (χ3v) is 5.66. The summed E-state index contributed by atoms with van der Waals surface area (Å²) in [6, 6.07) is 2.19. The predicted octanol–water partition coefficient (Wildman–Crippen LogP) is 2.83. The number of hydrogen-bond donors (Lipinski definition) is 2. The van der Waals surface area contributed by atoms with Crippen LogP contribution in [-0.2, 0) is 17.6 Å². The molecule has 1 saturated heterocycles. The van der Waals surface area contributed by atoms with Gasteiger partial charge in [-0.05, 0) is 50.1 Å². The number of anilines is 1. The molecule has 1 aliphatic heterocycles. The van der Waals surface area contributed by atoms with Gasteiger partial charge in [-0.1, -0.05) is 13.3 Å². The minimum Gasteiger partial charge on any atom is -0.315 e. The lowest BCUT2D eigenvalue weighted by Gasteiger charge is -2.22. The molecule has 2 atom stereocenters. The van der Waals surface area contributed by atoms with Gasteiger partial charge in [-0.3, -0.25) is 4.79 Å². The van der Waals surface area contributed by atoms with E-state index < -0.39 is 0 Å². The van der Waals surface area contributed by atoms with E-state index in [0.717, 1.165) is 50.1 Å². The van der Waals surface area contributed by atoms with Crippen molar-refractivity contribution in [1.29, 1.82) is 5.26 Å². The van der Waals surface area contributed by atoms with Crippen LogP contribution in [0.25, 0.3) is 0 Å². The first-order valence-corrected chi connectivity index (χ1v) is 8.59. The van der Waals surface area contributed by atoms with E-state index in [9.17, 15) is 10.1 Å². The standard InChI is InChI=1S/C16H21N3OS/c1-10-5-6-11-12(9-17)16(21-14(11)8-10)19-15(20)13-4-2-3-7-18-13/h10,13,18H,2-8H2,1H3,(H,19,20). The number of nitriles is 1. The van der Waals surface area contributed by atoms with E-state index in [2.05, 4.69) is 23.6 Å². The van der Waals surface area contributed by atoms with Gasteiger partial charge in [0, 0.05) is 4.88 Å². The average molecular weight is 303 g/mol. The van der Waals surface area contributed by atoms with Gasteiger partial charge in [-0.2, -0.15) is 5.26 Å². The molecule has 0 radical (unpaired) electrons. The second-order valence-electron chi connectivity index (χ2n) is 6.16. The summed E-state index contributed by atoms with van der Waals surface area (Å²) in [4.78, 5) is 13.6. The third kappa shape index (κ3) is 2.97. The van der Waals surface area contributed by atoms with Gasteiger partial charge >= 0.3 is 0 Å². The summed E-state index contributed by atoms with van der Waals surface area (Å²) >= 11 is 1.60. The molecule has 1 aromatic heterocycles. The Bertz CT molecular complexity index is 581. The number of nitrogens with zero attached hydrogens (tertiary/aromatic N) is 1. The van der Waals surface area contributed by atoms with E-state index in [1.54, 1.807) is 11.3 Å². The second kappa shape index (κ2) is 6.17. The molecule has 0 bridgehead atoms. The van der Waals surface area contributed by atoms with Crippen molar-refractivity contribution in [1.82, 2.24) is 5.32 Å². The molecule has 0 spiro atoms. The SMILES string of the molecule is CC1CCc2c(sc(NC(=O)C3CCCCN3)c2C#N)C1. The average Bonchev–Trinajstić information content (AvgIpc) is 2.84. The molecular formula is C16H21N3OS. The Kier molecular flexibility index (Phi) is 4.27. The largest absolute Gasteiger partial charge is 0.315 e. The Hall–Kier alpha value is -1.38. The van der Waals surface area contributed by atoms with Crippen LogP contribution in [0.4, 0.5) is 5.00 Å². The minimum atomic E-state index is -0.108. The topological polar surface area (TPSA) is 64.9 Å². The maximum absolute atomic E-state index is 12.3. The Morgan fingerprint density at radius 3 is 3.00 bits per heavy atom.